The summed E-state index contributed by atoms with van der Waals surface area (Å²) in [4.78, 5) is 0. The van der Waals surface area contributed by atoms with Crippen LogP contribution in [0.4, 0.5) is 0 Å². The summed E-state index contributed by atoms with van der Waals surface area (Å²) in [5, 5.41) is 19.9. The van der Waals surface area contributed by atoms with Gasteiger partial charge >= 0.3 is 0 Å². The van der Waals surface area contributed by atoms with Crippen molar-refractivity contribution in [1.29, 1.82) is 0 Å². The van der Waals surface area contributed by atoms with E-state index in [2.05, 4.69) is 15.6 Å². The molecule has 2 heterocycles. The van der Waals surface area contributed by atoms with E-state index in [1.54, 1.807) is 10.9 Å². The minimum atomic E-state index is 0.0727. The maximum Gasteiger partial charge on any atom is 0.129 e. The summed E-state index contributed by atoms with van der Waals surface area (Å²) < 4.78 is 12.3. The number of nitrogens with one attached hydrogen (secondary N) is 1. The molecule has 0 saturated heterocycles. The Hall–Kier alpha value is -1.70. The Kier molecular flexibility index (Phi) is 6.22. The number of hydrogen-bond donors (Lipinski definition) is 2. The smallest absolute Gasteiger partial charge is 0.129 e. The third-order valence-corrected chi connectivity index (χ3v) is 2.69. The SMILES string of the molecule is OCCn1cc(CNCCCOCc2ccco2)nn1. The average molecular weight is 280 g/mol. The fourth-order valence-electron chi connectivity index (χ4n) is 1.71. The number of hydrogen-bond acceptors (Lipinski definition) is 6. The molecule has 0 spiro atoms. The molecule has 2 rings (SSSR count). The van der Waals surface area contributed by atoms with E-state index in [4.69, 9.17) is 14.3 Å². The van der Waals surface area contributed by atoms with E-state index >= 15 is 0 Å². The van der Waals surface area contributed by atoms with Gasteiger partial charge in [0, 0.05) is 19.3 Å². The molecule has 0 aliphatic rings. The molecular weight excluding hydrogens is 260 g/mol. The predicted octanol–water partition coefficient (Wildman–Crippen LogP) is 0.560. The first-order valence-corrected chi connectivity index (χ1v) is 6.69. The van der Waals surface area contributed by atoms with Crippen LogP contribution in [0.25, 0.3) is 0 Å². The van der Waals surface area contributed by atoms with Crippen LogP contribution < -0.4 is 5.32 Å². The van der Waals surface area contributed by atoms with Gasteiger partial charge in [-0.3, -0.25) is 0 Å². The topological polar surface area (TPSA) is 85.3 Å². The van der Waals surface area contributed by atoms with Crippen molar-refractivity contribution in [3.63, 3.8) is 0 Å². The fourth-order valence-corrected chi connectivity index (χ4v) is 1.71. The number of aliphatic hydroxyl groups is 1. The van der Waals surface area contributed by atoms with Crippen LogP contribution in [-0.4, -0.2) is 39.9 Å². The van der Waals surface area contributed by atoms with Gasteiger partial charge in [-0.25, -0.2) is 4.68 Å². The molecule has 0 saturated carbocycles. The van der Waals surface area contributed by atoms with Crippen molar-refractivity contribution < 1.29 is 14.3 Å². The van der Waals surface area contributed by atoms with Gasteiger partial charge in [0.1, 0.15) is 12.4 Å². The van der Waals surface area contributed by atoms with Crippen molar-refractivity contribution in [2.75, 3.05) is 19.8 Å². The van der Waals surface area contributed by atoms with Crippen molar-refractivity contribution in [2.24, 2.45) is 0 Å². The molecule has 7 nitrogen and oxygen atoms in total. The lowest BCUT2D eigenvalue weighted by Gasteiger charge is -2.03. The molecule has 0 aliphatic carbocycles. The lowest BCUT2D eigenvalue weighted by molar-refractivity contribution is 0.104. The van der Waals surface area contributed by atoms with Gasteiger partial charge in [-0.15, -0.1) is 5.10 Å². The van der Waals surface area contributed by atoms with E-state index in [1.807, 2.05) is 18.3 Å². The second-order valence-electron chi connectivity index (χ2n) is 4.36. The molecular formula is C13H20N4O3. The van der Waals surface area contributed by atoms with Gasteiger partial charge in [-0.2, -0.15) is 0 Å². The maximum atomic E-state index is 8.77. The Morgan fingerprint density at radius 3 is 3.20 bits per heavy atom. The summed E-state index contributed by atoms with van der Waals surface area (Å²) >= 11 is 0. The van der Waals surface area contributed by atoms with E-state index in [0.29, 0.717) is 26.3 Å². The Labute approximate surface area is 117 Å². The highest BCUT2D eigenvalue weighted by molar-refractivity contribution is 4.96. The van der Waals surface area contributed by atoms with Gasteiger partial charge in [0.15, 0.2) is 0 Å². The second-order valence-corrected chi connectivity index (χ2v) is 4.36. The number of aromatic nitrogens is 3. The molecule has 0 bridgehead atoms. The first-order chi connectivity index (χ1) is 9.88. The highest BCUT2D eigenvalue weighted by atomic mass is 16.5. The molecule has 20 heavy (non-hydrogen) atoms. The Morgan fingerprint density at radius 2 is 2.40 bits per heavy atom. The summed E-state index contributed by atoms with van der Waals surface area (Å²) in [6.07, 6.45) is 4.40. The molecule has 2 N–H and O–H groups in total. The van der Waals surface area contributed by atoms with Crippen LogP contribution in [0, 0.1) is 0 Å². The number of nitrogens with zero attached hydrogens (tertiary/aromatic N) is 3. The number of furan rings is 1. The van der Waals surface area contributed by atoms with E-state index in [9.17, 15) is 0 Å². The van der Waals surface area contributed by atoms with Crippen molar-refractivity contribution in [3.05, 3.63) is 36.0 Å². The fraction of sp³-hybridized carbons (Fsp3) is 0.538. The molecule has 0 aliphatic heterocycles. The number of rotatable bonds is 10. The third kappa shape index (κ3) is 5.12. The van der Waals surface area contributed by atoms with Crippen LogP contribution >= 0.6 is 0 Å². The lowest BCUT2D eigenvalue weighted by atomic mass is 10.4. The first-order valence-electron chi connectivity index (χ1n) is 6.69. The second kappa shape index (κ2) is 8.47. The zero-order valence-corrected chi connectivity index (χ0v) is 11.4. The van der Waals surface area contributed by atoms with Gasteiger partial charge in [-0.1, -0.05) is 5.21 Å². The Morgan fingerprint density at radius 1 is 1.45 bits per heavy atom. The summed E-state index contributed by atoms with van der Waals surface area (Å²) in [7, 11) is 0. The minimum Gasteiger partial charge on any atom is -0.467 e. The molecule has 7 heteroatoms. The number of aliphatic hydroxyl groups excluding tert-OH is 1. The van der Waals surface area contributed by atoms with Gasteiger partial charge in [0.05, 0.1) is 25.1 Å². The van der Waals surface area contributed by atoms with E-state index < -0.39 is 0 Å². The summed E-state index contributed by atoms with van der Waals surface area (Å²) in [5.74, 6) is 0.846. The summed E-state index contributed by atoms with van der Waals surface area (Å²) in [6, 6.07) is 3.75. The highest BCUT2D eigenvalue weighted by Gasteiger charge is 2.00. The van der Waals surface area contributed by atoms with Crippen LogP contribution in [0.5, 0.6) is 0 Å². The van der Waals surface area contributed by atoms with Crippen LogP contribution in [0.15, 0.2) is 29.0 Å². The van der Waals surface area contributed by atoms with E-state index in [0.717, 1.165) is 24.4 Å². The normalized spacial score (nSPS) is 11.1. The van der Waals surface area contributed by atoms with Crippen LogP contribution in [0.2, 0.25) is 0 Å². The first kappa shape index (κ1) is 14.7. The lowest BCUT2D eigenvalue weighted by Crippen LogP contribution is -2.16. The molecule has 0 aromatic carbocycles. The van der Waals surface area contributed by atoms with Crippen LogP contribution in [-0.2, 0) is 24.4 Å². The molecule has 0 unspecified atom stereocenters. The maximum absolute atomic E-state index is 8.77. The highest BCUT2D eigenvalue weighted by Crippen LogP contribution is 2.01. The van der Waals surface area contributed by atoms with Crippen molar-refractivity contribution in [3.8, 4) is 0 Å². The molecule has 0 fully saturated rings. The third-order valence-electron chi connectivity index (χ3n) is 2.69. The minimum absolute atomic E-state index is 0.0727. The molecule has 0 radical (unpaired) electrons. The van der Waals surface area contributed by atoms with E-state index in [1.165, 1.54) is 0 Å². The zero-order chi connectivity index (χ0) is 14.0. The van der Waals surface area contributed by atoms with Crippen LogP contribution in [0.1, 0.15) is 17.9 Å². The van der Waals surface area contributed by atoms with Crippen molar-refractivity contribution >= 4 is 0 Å². The average Bonchev–Trinajstić information content (AvgIpc) is 3.10. The molecule has 2 aromatic heterocycles. The standard InChI is InChI=1S/C13H20N4O3/c18-6-5-17-10-12(15-16-17)9-14-4-2-7-19-11-13-3-1-8-20-13/h1,3,8,10,14,18H,2,4-7,9,11H2. The van der Waals surface area contributed by atoms with Crippen molar-refractivity contribution in [2.45, 2.75) is 26.1 Å². The van der Waals surface area contributed by atoms with Crippen LogP contribution in [0.3, 0.4) is 0 Å². The van der Waals surface area contributed by atoms with Gasteiger partial charge in [0.2, 0.25) is 0 Å². The van der Waals surface area contributed by atoms with Gasteiger partial charge in [0.25, 0.3) is 0 Å². The Balaban J connectivity index is 1.48. The van der Waals surface area contributed by atoms with Gasteiger partial charge in [-0.05, 0) is 25.1 Å². The van der Waals surface area contributed by atoms with E-state index in [-0.39, 0.29) is 6.61 Å². The largest absolute Gasteiger partial charge is 0.467 e. The van der Waals surface area contributed by atoms with Crippen molar-refractivity contribution in [1.82, 2.24) is 20.3 Å². The summed E-state index contributed by atoms with van der Waals surface area (Å²) in [6.45, 7) is 3.28. The Bertz CT molecular complexity index is 470. The van der Waals surface area contributed by atoms with Gasteiger partial charge < -0.3 is 19.6 Å². The quantitative estimate of drug-likeness (QED) is 0.619. The zero-order valence-electron chi connectivity index (χ0n) is 11.4. The summed E-state index contributed by atoms with van der Waals surface area (Å²) in [5.41, 5.74) is 0.870. The molecule has 2 aromatic rings. The molecule has 0 amide bonds. The molecule has 0 atom stereocenters. The predicted molar refractivity (Wildman–Crippen MR) is 71.8 cm³/mol. The monoisotopic (exact) mass is 280 g/mol. The molecule has 110 valence electrons. The number of ether oxygens (including phenoxy) is 1.